The zero-order valence-electron chi connectivity index (χ0n) is 8.53. The maximum atomic E-state index is 11.2. The number of carbonyl (C=O) groups excluding carboxylic acids is 1. The van der Waals surface area contributed by atoms with E-state index in [2.05, 4.69) is 4.98 Å². The molecule has 3 nitrogen and oxygen atoms in total. The van der Waals surface area contributed by atoms with E-state index in [0.717, 1.165) is 11.1 Å². The zero-order valence-corrected chi connectivity index (χ0v) is 9.35. The van der Waals surface area contributed by atoms with Gasteiger partial charge in [-0.05, 0) is 36.8 Å². The molecule has 0 saturated carbocycles. The normalized spacial score (nSPS) is 12.9. The number of H-pyrrole nitrogens is 1. The molecule has 1 atom stereocenters. The maximum Gasteiger partial charge on any atom is 0.266 e. The van der Waals surface area contributed by atoms with Crippen molar-refractivity contribution in [3.05, 3.63) is 28.6 Å². The van der Waals surface area contributed by atoms with E-state index in [4.69, 9.17) is 16.6 Å². The van der Waals surface area contributed by atoms with E-state index in [0.29, 0.717) is 10.4 Å². The van der Waals surface area contributed by atoms with Gasteiger partial charge in [0.2, 0.25) is 0 Å². The van der Waals surface area contributed by atoms with Crippen molar-refractivity contribution in [2.45, 2.75) is 19.8 Å². The second-order valence-corrected chi connectivity index (χ2v) is 3.97. The third kappa shape index (κ3) is 1.85. The minimum absolute atomic E-state index is 0.104. The molecule has 1 heterocycles. The number of hydrogen-bond donors (Lipinski definition) is 1. The van der Waals surface area contributed by atoms with Gasteiger partial charge in [-0.1, -0.05) is 13.0 Å². The van der Waals surface area contributed by atoms with Gasteiger partial charge >= 0.3 is 0 Å². The molecule has 0 fully saturated rings. The van der Waals surface area contributed by atoms with Crippen LogP contribution in [-0.4, -0.2) is 10.8 Å². The quantitative estimate of drug-likeness (QED) is 0.792. The van der Waals surface area contributed by atoms with Crippen LogP contribution in [0.3, 0.4) is 0 Å². The molecule has 1 aromatic heterocycles. The monoisotopic (exact) mass is 221 g/mol. The second-order valence-electron chi connectivity index (χ2n) is 3.60. The predicted octanol–water partition coefficient (Wildman–Crippen LogP) is 3.18. The summed E-state index contributed by atoms with van der Waals surface area (Å²) in [6.45, 7) is 3.46. The lowest BCUT2D eigenvalue weighted by Gasteiger charge is -2.06. The molecule has 0 saturated heterocycles. The lowest BCUT2D eigenvalue weighted by Crippen LogP contribution is -2.03. The van der Waals surface area contributed by atoms with E-state index in [1.165, 1.54) is 0 Å². The topological polar surface area (TPSA) is 46.0 Å². The van der Waals surface area contributed by atoms with Crippen LogP contribution < -0.4 is 0 Å². The highest BCUT2D eigenvalue weighted by Crippen LogP contribution is 2.21. The molecule has 0 radical (unpaired) electrons. The minimum atomic E-state index is -0.104. The molecule has 0 aliphatic carbocycles. The summed E-state index contributed by atoms with van der Waals surface area (Å²) in [5.74, 6) is 0.0385. The van der Waals surface area contributed by atoms with Gasteiger partial charge in [0.05, 0.1) is 5.52 Å². The number of benzene rings is 1. The van der Waals surface area contributed by atoms with Gasteiger partial charge in [0, 0.05) is 5.92 Å². The number of aromatic nitrogens is 1. The summed E-state index contributed by atoms with van der Waals surface area (Å²) in [5, 5.41) is 0. The molecule has 15 heavy (non-hydrogen) atoms. The van der Waals surface area contributed by atoms with E-state index in [-0.39, 0.29) is 11.7 Å². The molecule has 2 aromatic rings. The number of oxazole rings is 1. The van der Waals surface area contributed by atoms with E-state index in [1.54, 1.807) is 6.92 Å². The highest BCUT2D eigenvalue weighted by atomic mass is 32.1. The Kier molecular flexibility index (Phi) is 2.44. The van der Waals surface area contributed by atoms with Crippen LogP contribution in [0.4, 0.5) is 0 Å². The van der Waals surface area contributed by atoms with E-state index in [9.17, 15) is 4.79 Å². The molecule has 0 amide bonds. The van der Waals surface area contributed by atoms with Crippen molar-refractivity contribution in [1.82, 2.24) is 4.98 Å². The Labute approximate surface area is 92.1 Å². The number of rotatable bonds is 2. The molecule has 0 aliphatic rings. The molecular weight excluding hydrogens is 210 g/mol. The number of ketones is 1. The number of hydrogen-bond acceptors (Lipinski definition) is 3. The van der Waals surface area contributed by atoms with E-state index in [1.807, 2.05) is 25.1 Å². The Balaban J connectivity index is 2.55. The van der Waals surface area contributed by atoms with Crippen molar-refractivity contribution < 1.29 is 9.21 Å². The van der Waals surface area contributed by atoms with Crippen LogP contribution in [0.1, 0.15) is 25.3 Å². The first-order valence-electron chi connectivity index (χ1n) is 4.71. The molecule has 0 bridgehead atoms. The minimum Gasteiger partial charge on any atom is -0.429 e. The van der Waals surface area contributed by atoms with Gasteiger partial charge in [0.25, 0.3) is 4.84 Å². The third-order valence-electron chi connectivity index (χ3n) is 2.55. The van der Waals surface area contributed by atoms with Crippen LogP contribution in [-0.2, 0) is 4.79 Å². The van der Waals surface area contributed by atoms with Crippen molar-refractivity contribution in [3.63, 3.8) is 0 Å². The fourth-order valence-corrected chi connectivity index (χ4v) is 1.67. The average molecular weight is 221 g/mol. The standard InChI is InChI=1S/C11H11NO2S/c1-6(7(2)13)8-3-4-9-10(5-8)14-11(15)12-9/h3-6H,1-2H3,(H,12,15). The number of fused-ring (bicyclic) bond motifs is 1. The third-order valence-corrected chi connectivity index (χ3v) is 2.74. The van der Waals surface area contributed by atoms with Crippen LogP contribution in [0.25, 0.3) is 11.1 Å². The summed E-state index contributed by atoms with van der Waals surface area (Å²) in [4.78, 5) is 14.5. The van der Waals surface area contributed by atoms with Crippen molar-refractivity contribution in [2.24, 2.45) is 0 Å². The summed E-state index contributed by atoms with van der Waals surface area (Å²) < 4.78 is 5.29. The van der Waals surface area contributed by atoms with Crippen molar-refractivity contribution in [3.8, 4) is 0 Å². The molecule has 0 aliphatic heterocycles. The Morgan fingerprint density at radius 1 is 1.53 bits per heavy atom. The smallest absolute Gasteiger partial charge is 0.266 e. The fraction of sp³-hybridized carbons (Fsp3) is 0.273. The Hall–Kier alpha value is -1.42. The number of aromatic amines is 1. The molecule has 4 heteroatoms. The first-order chi connectivity index (χ1) is 7.08. The van der Waals surface area contributed by atoms with Crippen molar-refractivity contribution in [2.75, 3.05) is 0 Å². The largest absolute Gasteiger partial charge is 0.429 e. The lowest BCUT2D eigenvalue weighted by molar-refractivity contribution is -0.118. The van der Waals surface area contributed by atoms with Gasteiger partial charge in [-0.15, -0.1) is 0 Å². The Morgan fingerprint density at radius 3 is 2.93 bits per heavy atom. The molecule has 2 rings (SSSR count). The Bertz CT molecular complexity index is 567. The van der Waals surface area contributed by atoms with Crippen molar-refractivity contribution in [1.29, 1.82) is 0 Å². The van der Waals surface area contributed by atoms with E-state index < -0.39 is 0 Å². The van der Waals surface area contributed by atoms with Crippen LogP contribution in [0.2, 0.25) is 0 Å². The van der Waals surface area contributed by atoms with Crippen molar-refractivity contribution >= 4 is 29.1 Å². The summed E-state index contributed by atoms with van der Waals surface area (Å²) >= 11 is 4.88. The maximum absolute atomic E-state index is 11.2. The molecular formula is C11H11NO2S. The van der Waals surface area contributed by atoms with Gasteiger partial charge < -0.3 is 9.40 Å². The van der Waals surface area contributed by atoms with Crippen LogP contribution in [0.5, 0.6) is 0 Å². The molecule has 1 N–H and O–H groups in total. The molecule has 1 unspecified atom stereocenters. The van der Waals surface area contributed by atoms with E-state index >= 15 is 0 Å². The van der Waals surface area contributed by atoms with Crippen LogP contribution in [0.15, 0.2) is 22.6 Å². The fourth-order valence-electron chi connectivity index (χ4n) is 1.47. The average Bonchev–Trinajstić information content (AvgIpc) is 2.55. The lowest BCUT2D eigenvalue weighted by atomic mass is 9.97. The number of Topliss-reactive ketones (excluding diaryl/α,β-unsaturated/α-hetero) is 1. The summed E-state index contributed by atoms with van der Waals surface area (Å²) in [6.07, 6.45) is 0. The summed E-state index contributed by atoms with van der Waals surface area (Å²) in [6, 6.07) is 5.65. The number of nitrogens with one attached hydrogen (secondary N) is 1. The first-order valence-corrected chi connectivity index (χ1v) is 5.12. The first kappa shape index (κ1) is 10.1. The predicted molar refractivity (Wildman–Crippen MR) is 60.5 cm³/mol. The highest BCUT2D eigenvalue weighted by Gasteiger charge is 2.11. The van der Waals surface area contributed by atoms with Gasteiger partial charge in [0.15, 0.2) is 5.58 Å². The summed E-state index contributed by atoms with van der Waals surface area (Å²) in [5.41, 5.74) is 2.51. The molecule has 1 aromatic carbocycles. The van der Waals surface area contributed by atoms with Gasteiger partial charge in [-0.3, -0.25) is 4.79 Å². The highest BCUT2D eigenvalue weighted by molar-refractivity contribution is 7.71. The molecule has 0 spiro atoms. The second kappa shape index (κ2) is 3.62. The number of carbonyl (C=O) groups is 1. The summed E-state index contributed by atoms with van der Waals surface area (Å²) in [7, 11) is 0. The SMILES string of the molecule is CC(=O)C(C)c1ccc2[nH]c(=S)oc2c1. The van der Waals surface area contributed by atoms with Gasteiger partial charge in [0.1, 0.15) is 5.78 Å². The zero-order chi connectivity index (χ0) is 11.0. The Morgan fingerprint density at radius 2 is 2.27 bits per heavy atom. The van der Waals surface area contributed by atoms with Gasteiger partial charge in [-0.25, -0.2) is 0 Å². The van der Waals surface area contributed by atoms with Crippen LogP contribution >= 0.6 is 12.2 Å². The molecule has 78 valence electrons. The van der Waals surface area contributed by atoms with Crippen LogP contribution in [0, 0.1) is 4.84 Å². The van der Waals surface area contributed by atoms with Gasteiger partial charge in [-0.2, -0.15) is 0 Å².